The Bertz CT molecular complexity index is 483. The lowest BCUT2D eigenvalue weighted by atomic mass is 9.53. The van der Waals surface area contributed by atoms with Crippen molar-refractivity contribution in [2.24, 2.45) is 17.8 Å². The molecule has 0 aromatic carbocycles. The SMILES string of the molecule is Cc1ccc(C(=O)NC23CC4CC(CC(C4)C2)C3)s1. The van der Waals surface area contributed by atoms with Gasteiger partial charge in [0.1, 0.15) is 0 Å². The maximum atomic E-state index is 12.4. The fourth-order valence-electron chi connectivity index (χ4n) is 5.12. The van der Waals surface area contributed by atoms with Crippen molar-refractivity contribution in [3.8, 4) is 0 Å². The van der Waals surface area contributed by atoms with Crippen LogP contribution in [0, 0.1) is 24.7 Å². The maximum Gasteiger partial charge on any atom is 0.261 e. The Labute approximate surface area is 118 Å². The molecule has 1 N–H and O–H groups in total. The summed E-state index contributed by atoms with van der Waals surface area (Å²) in [5.74, 6) is 2.82. The van der Waals surface area contributed by atoms with Crippen LogP contribution in [0.3, 0.4) is 0 Å². The van der Waals surface area contributed by atoms with E-state index >= 15 is 0 Å². The third-order valence-corrected chi connectivity index (χ3v) is 6.38. The Morgan fingerprint density at radius 1 is 1.16 bits per heavy atom. The molecule has 4 saturated carbocycles. The van der Waals surface area contributed by atoms with Gasteiger partial charge in [0, 0.05) is 10.4 Å². The average molecular weight is 275 g/mol. The van der Waals surface area contributed by atoms with Gasteiger partial charge in [-0.2, -0.15) is 0 Å². The summed E-state index contributed by atoms with van der Waals surface area (Å²) in [4.78, 5) is 14.5. The zero-order valence-corrected chi connectivity index (χ0v) is 12.3. The number of amides is 1. The topological polar surface area (TPSA) is 29.1 Å². The highest BCUT2D eigenvalue weighted by Gasteiger charge is 2.51. The first-order valence-corrected chi connectivity index (χ1v) is 8.32. The van der Waals surface area contributed by atoms with E-state index in [1.54, 1.807) is 11.3 Å². The quantitative estimate of drug-likeness (QED) is 0.875. The molecule has 1 heterocycles. The van der Waals surface area contributed by atoms with E-state index in [1.165, 1.54) is 43.4 Å². The molecule has 3 heteroatoms. The van der Waals surface area contributed by atoms with Gasteiger partial charge in [0.05, 0.1) is 4.88 Å². The number of thiophene rings is 1. The molecular formula is C16H21NOS. The molecule has 19 heavy (non-hydrogen) atoms. The van der Waals surface area contributed by atoms with Gasteiger partial charge >= 0.3 is 0 Å². The Hall–Kier alpha value is -0.830. The van der Waals surface area contributed by atoms with Crippen LogP contribution in [0.4, 0.5) is 0 Å². The molecule has 1 aromatic heterocycles. The molecule has 5 rings (SSSR count). The van der Waals surface area contributed by atoms with Crippen LogP contribution in [-0.2, 0) is 0 Å². The second-order valence-corrected chi connectivity index (χ2v) is 8.35. The van der Waals surface area contributed by atoms with Crippen LogP contribution in [0.1, 0.15) is 53.1 Å². The van der Waals surface area contributed by atoms with E-state index in [0.29, 0.717) is 0 Å². The summed E-state index contributed by atoms with van der Waals surface area (Å²) in [6.07, 6.45) is 7.97. The Kier molecular flexibility index (Phi) is 2.57. The first-order chi connectivity index (χ1) is 9.12. The van der Waals surface area contributed by atoms with E-state index in [0.717, 1.165) is 22.6 Å². The maximum absolute atomic E-state index is 12.4. The van der Waals surface area contributed by atoms with Crippen molar-refractivity contribution in [2.75, 3.05) is 0 Å². The number of rotatable bonds is 2. The minimum absolute atomic E-state index is 0.143. The van der Waals surface area contributed by atoms with Crippen LogP contribution >= 0.6 is 11.3 Å². The van der Waals surface area contributed by atoms with Gasteiger partial charge in [0.25, 0.3) is 5.91 Å². The molecule has 0 spiro atoms. The van der Waals surface area contributed by atoms with Crippen molar-refractivity contribution in [3.63, 3.8) is 0 Å². The van der Waals surface area contributed by atoms with E-state index in [1.807, 2.05) is 12.1 Å². The highest BCUT2D eigenvalue weighted by atomic mass is 32.1. The fourth-order valence-corrected chi connectivity index (χ4v) is 5.89. The molecule has 1 amide bonds. The largest absolute Gasteiger partial charge is 0.346 e. The third kappa shape index (κ3) is 2.03. The van der Waals surface area contributed by atoms with Crippen molar-refractivity contribution < 1.29 is 4.79 Å². The first-order valence-electron chi connectivity index (χ1n) is 7.51. The smallest absolute Gasteiger partial charge is 0.261 e. The minimum atomic E-state index is 0.143. The second kappa shape index (κ2) is 4.08. The molecule has 102 valence electrons. The first kappa shape index (κ1) is 12.0. The van der Waals surface area contributed by atoms with Crippen LogP contribution in [0.25, 0.3) is 0 Å². The van der Waals surface area contributed by atoms with Crippen molar-refractivity contribution in [1.29, 1.82) is 0 Å². The highest BCUT2D eigenvalue weighted by molar-refractivity contribution is 7.13. The van der Waals surface area contributed by atoms with E-state index < -0.39 is 0 Å². The number of carbonyl (C=O) groups excluding carboxylic acids is 1. The van der Waals surface area contributed by atoms with Gasteiger partial charge in [-0.25, -0.2) is 0 Å². The van der Waals surface area contributed by atoms with E-state index in [2.05, 4.69) is 12.2 Å². The van der Waals surface area contributed by atoms with Crippen molar-refractivity contribution in [3.05, 3.63) is 21.9 Å². The van der Waals surface area contributed by atoms with Gasteiger partial charge in [-0.3, -0.25) is 4.79 Å². The van der Waals surface area contributed by atoms with Crippen LogP contribution in [-0.4, -0.2) is 11.4 Å². The van der Waals surface area contributed by atoms with Crippen molar-refractivity contribution >= 4 is 17.2 Å². The second-order valence-electron chi connectivity index (χ2n) is 7.06. The Morgan fingerprint density at radius 2 is 1.74 bits per heavy atom. The van der Waals surface area contributed by atoms with Crippen molar-refractivity contribution in [2.45, 2.75) is 51.0 Å². The molecule has 0 aliphatic heterocycles. The van der Waals surface area contributed by atoms with E-state index in [-0.39, 0.29) is 11.4 Å². The molecule has 2 nitrogen and oxygen atoms in total. The van der Waals surface area contributed by atoms with Crippen LogP contribution in [0.15, 0.2) is 12.1 Å². The summed E-state index contributed by atoms with van der Waals surface area (Å²) in [6.45, 7) is 2.06. The third-order valence-electron chi connectivity index (χ3n) is 5.38. The van der Waals surface area contributed by atoms with E-state index in [9.17, 15) is 4.79 Å². The molecule has 4 aliphatic rings. The lowest BCUT2D eigenvalue weighted by molar-refractivity contribution is -0.0166. The van der Waals surface area contributed by atoms with Gasteiger partial charge in [-0.15, -0.1) is 11.3 Å². The molecule has 0 atom stereocenters. The van der Waals surface area contributed by atoms with Crippen LogP contribution < -0.4 is 5.32 Å². The van der Waals surface area contributed by atoms with E-state index in [4.69, 9.17) is 0 Å². The van der Waals surface area contributed by atoms with Gasteiger partial charge < -0.3 is 5.32 Å². The molecule has 4 aliphatic carbocycles. The predicted molar refractivity (Wildman–Crippen MR) is 77.4 cm³/mol. The Balaban J connectivity index is 1.54. The standard InChI is InChI=1S/C16H21NOS/c1-10-2-3-14(19-10)15(18)17-16-7-11-4-12(8-16)6-13(5-11)9-16/h2-3,11-13H,4-9H2,1H3,(H,17,18). The van der Waals surface area contributed by atoms with Gasteiger partial charge in [-0.1, -0.05) is 0 Å². The number of hydrogen-bond donors (Lipinski definition) is 1. The number of carbonyl (C=O) groups is 1. The molecule has 0 saturated heterocycles. The van der Waals surface area contributed by atoms with Crippen molar-refractivity contribution in [1.82, 2.24) is 5.32 Å². The molecule has 0 radical (unpaired) electrons. The van der Waals surface area contributed by atoms with Gasteiger partial charge in [0.15, 0.2) is 0 Å². The summed E-state index contributed by atoms with van der Waals surface area (Å²) in [6, 6.07) is 4.01. The molecular weight excluding hydrogens is 254 g/mol. The van der Waals surface area contributed by atoms with Gasteiger partial charge in [-0.05, 0) is 75.3 Å². The minimum Gasteiger partial charge on any atom is -0.346 e. The highest BCUT2D eigenvalue weighted by Crippen LogP contribution is 2.55. The monoisotopic (exact) mass is 275 g/mol. The summed E-state index contributed by atoms with van der Waals surface area (Å²) in [5.41, 5.74) is 0.143. The molecule has 1 aromatic rings. The summed E-state index contributed by atoms with van der Waals surface area (Å²) < 4.78 is 0. The fraction of sp³-hybridized carbons (Fsp3) is 0.688. The zero-order valence-electron chi connectivity index (χ0n) is 11.4. The Morgan fingerprint density at radius 3 is 2.21 bits per heavy atom. The zero-order chi connectivity index (χ0) is 13.0. The lowest BCUT2D eigenvalue weighted by Crippen LogP contribution is -2.59. The normalized spacial score (nSPS) is 39.5. The summed E-state index contributed by atoms with van der Waals surface area (Å²) in [7, 11) is 0. The van der Waals surface area contributed by atoms with Crippen LogP contribution in [0.2, 0.25) is 0 Å². The lowest BCUT2D eigenvalue weighted by Gasteiger charge is -2.56. The number of aryl methyl sites for hydroxylation is 1. The van der Waals surface area contributed by atoms with Crippen LogP contribution in [0.5, 0.6) is 0 Å². The van der Waals surface area contributed by atoms with Gasteiger partial charge in [0.2, 0.25) is 0 Å². The molecule has 4 fully saturated rings. The molecule has 4 bridgehead atoms. The number of hydrogen-bond acceptors (Lipinski definition) is 2. The average Bonchev–Trinajstić information content (AvgIpc) is 2.73. The molecule has 0 unspecified atom stereocenters. The summed E-state index contributed by atoms with van der Waals surface area (Å²) >= 11 is 1.61. The predicted octanol–water partition coefficient (Wildman–Crippen LogP) is 3.76. The summed E-state index contributed by atoms with van der Waals surface area (Å²) in [5, 5.41) is 3.43. The number of nitrogens with one attached hydrogen (secondary N) is 1.